The van der Waals surface area contributed by atoms with E-state index in [1.165, 1.54) is 6.07 Å². The summed E-state index contributed by atoms with van der Waals surface area (Å²) in [6.45, 7) is 5.94. The fraction of sp³-hybridized carbons (Fsp3) is 0.524. The smallest absolute Gasteiger partial charge is 0.251 e. The molecule has 0 saturated carbocycles. The third kappa shape index (κ3) is 3.71. The zero-order valence-corrected chi connectivity index (χ0v) is 16.9. The van der Waals surface area contributed by atoms with E-state index in [4.69, 9.17) is 0 Å². The molecule has 4 rings (SSSR count). The van der Waals surface area contributed by atoms with Crippen molar-refractivity contribution in [3.8, 4) is 0 Å². The first-order valence-corrected chi connectivity index (χ1v) is 10.2. The Morgan fingerprint density at radius 3 is 2.86 bits per heavy atom. The number of nitrogens with zero attached hydrogens (tertiary/aromatic N) is 4. The Labute approximate surface area is 169 Å². The maximum atomic E-state index is 13.2. The number of amides is 2. The average molecular weight is 397 g/mol. The molecule has 4 heterocycles. The van der Waals surface area contributed by atoms with E-state index < -0.39 is 6.04 Å². The van der Waals surface area contributed by atoms with Crippen LogP contribution in [-0.2, 0) is 22.7 Å². The monoisotopic (exact) mass is 397 g/mol. The van der Waals surface area contributed by atoms with Crippen molar-refractivity contribution in [1.82, 2.24) is 24.6 Å². The highest BCUT2D eigenvalue weighted by Gasteiger charge is 2.44. The first kappa shape index (κ1) is 19.4. The second-order valence-corrected chi connectivity index (χ2v) is 8.05. The van der Waals surface area contributed by atoms with Crippen LogP contribution in [0.2, 0.25) is 0 Å². The van der Waals surface area contributed by atoms with Gasteiger partial charge in [0.1, 0.15) is 6.04 Å². The van der Waals surface area contributed by atoms with Crippen molar-refractivity contribution in [1.29, 1.82) is 0 Å². The standard InChI is InChI=1S/C21H27N5O3/c1-3-7-25-11-15(10-23-25)9-22-21(29)20-17-8-16(12-24(13-17)14(2)27)18-5-4-6-19(28)26(18)20/h4-6,10-11,16-17,20H,3,7-9,12-13H2,1-2H3,(H,22,29)/t16-,17+,20-/m1/s1. The first-order chi connectivity index (χ1) is 14.0. The summed E-state index contributed by atoms with van der Waals surface area (Å²) in [6, 6.07) is 4.53. The van der Waals surface area contributed by atoms with Crippen LogP contribution < -0.4 is 10.9 Å². The summed E-state index contributed by atoms with van der Waals surface area (Å²) in [5.41, 5.74) is 1.61. The molecule has 8 nitrogen and oxygen atoms in total. The van der Waals surface area contributed by atoms with Crippen molar-refractivity contribution < 1.29 is 9.59 Å². The van der Waals surface area contributed by atoms with Crippen molar-refractivity contribution in [2.45, 2.75) is 51.7 Å². The molecule has 2 aromatic heterocycles. The zero-order chi connectivity index (χ0) is 20.5. The Morgan fingerprint density at radius 1 is 1.28 bits per heavy atom. The van der Waals surface area contributed by atoms with Gasteiger partial charge in [-0.15, -0.1) is 0 Å². The fourth-order valence-electron chi connectivity index (χ4n) is 4.67. The number of hydrogen-bond acceptors (Lipinski definition) is 4. The van der Waals surface area contributed by atoms with Crippen molar-refractivity contribution >= 4 is 11.8 Å². The summed E-state index contributed by atoms with van der Waals surface area (Å²) in [7, 11) is 0. The molecule has 0 aliphatic carbocycles. The molecule has 2 aliphatic heterocycles. The maximum Gasteiger partial charge on any atom is 0.251 e. The van der Waals surface area contributed by atoms with Gasteiger partial charge in [0.05, 0.1) is 6.20 Å². The third-order valence-electron chi connectivity index (χ3n) is 5.97. The summed E-state index contributed by atoms with van der Waals surface area (Å²) in [6.07, 6.45) is 5.48. The van der Waals surface area contributed by atoms with Gasteiger partial charge in [0.15, 0.2) is 0 Å². The highest BCUT2D eigenvalue weighted by molar-refractivity contribution is 5.81. The van der Waals surface area contributed by atoms with Crippen molar-refractivity contribution in [3.05, 3.63) is 52.2 Å². The predicted octanol–water partition coefficient (Wildman–Crippen LogP) is 1.28. The number of carbonyl (C=O) groups is 2. The summed E-state index contributed by atoms with van der Waals surface area (Å²) in [5, 5.41) is 7.28. The number of aryl methyl sites for hydroxylation is 1. The molecular weight excluding hydrogens is 370 g/mol. The number of fused-ring (bicyclic) bond motifs is 4. The van der Waals surface area contributed by atoms with Gasteiger partial charge in [0.2, 0.25) is 11.8 Å². The van der Waals surface area contributed by atoms with Gasteiger partial charge in [-0.05, 0) is 18.9 Å². The Bertz CT molecular complexity index is 979. The van der Waals surface area contributed by atoms with E-state index in [1.54, 1.807) is 28.7 Å². The van der Waals surface area contributed by atoms with Gasteiger partial charge >= 0.3 is 0 Å². The van der Waals surface area contributed by atoms with Gasteiger partial charge in [-0.3, -0.25) is 23.6 Å². The number of pyridine rings is 1. The van der Waals surface area contributed by atoms with Crippen LogP contribution in [0.3, 0.4) is 0 Å². The number of piperidine rings is 1. The van der Waals surface area contributed by atoms with Crippen LogP contribution in [0.1, 0.15) is 49.9 Å². The second-order valence-electron chi connectivity index (χ2n) is 8.05. The van der Waals surface area contributed by atoms with E-state index in [1.807, 2.05) is 16.9 Å². The van der Waals surface area contributed by atoms with E-state index in [-0.39, 0.29) is 29.2 Å². The Morgan fingerprint density at radius 2 is 2.10 bits per heavy atom. The minimum absolute atomic E-state index is 0.00826. The van der Waals surface area contributed by atoms with Gasteiger partial charge < -0.3 is 10.2 Å². The molecule has 3 atom stereocenters. The molecule has 29 heavy (non-hydrogen) atoms. The summed E-state index contributed by atoms with van der Waals surface area (Å²) < 4.78 is 3.50. The number of nitrogens with one attached hydrogen (secondary N) is 1. The van der Waals surface area contributed by atoms with E-state index in [9.17, 15) is 14.4 Å². The zero-order valence-electron chi connectivity index (χ0n) is 16.9. The van der Waals surface area contributed by atoms with Crippen LogP contribution in [0.5, 0.6) is 0 Å². The van der Waals surface area contributed by atoms with Crippen LogP contribution in [0, 0.1) is 5.92 Å². The molecule has 0 radical (unpaired) electrons. The topological polar surface area (TPSA) is 89.2 Å². The maximum absolute atomic E-state index is 13.2. The van der Waals surface area contributed by atoms with Gasteiger partial charge in [-0.25, -0.2) is 0 Å². The quantitative estimate of drug-likeness (QED) is 0.823. The van der Waals surface area contributed by atoms with Gasteiger partial charge in [-0.2, -0.15) is 5.10 Å². The summed E-state index contributed by atoms with van der Waals surface area (Å²) in [5.74, 6) is -0.165. The lowest BCUT2D eigenvalue weighted by Crippen LogP contribution is -2.54. The van der Waals surface area contributed by atoms with Crippen LogP contribution in [0.4, 0.5) is 0 Å². The van der Waals surface area contributed by atoms with E-state index >= 15 is 0 Å². The predicted molar refractivity (Wildman–Crippen MR) is 107 cm³/mol. The molecule has 8 heteroatoms. The Kier molecular flexibility index (Phi) is 5.25. The molecule has 0 aromatic carbocycles. The number of likely N-dealkylation sites (tertiary alicyclic amines) is 1. The second kappa shape index (κ2) is 7.85. The molecular formula is C21H27N5O3. The lowest BCUT2D eigenvalue weighted by molar-refractivity contribution is -0.135. The summed E-state index contributed by atoms with van der Waals surface area (Å²) in [4.78, 5) is 39.7. The Balaban J connectivity index is 1.59. The average Bonchev–Trinajstić information content (AvgIpc) is 3.15. The van der Waals surface area contributed by atoms with Crippen LogP contribution >= 0.6 is 0 Å². The molecule has 0 spiro atoms. The van der Waals surface area contributed by atoms with Crippen LogP contribution in [-0.4, -0.2) is 44.2 Å². The van der Waals surface area contributed by atoms with Crippen molar-refractivity contribution in [3.63, 3.8) is 0 Å². The minimum Gasteiger partial charge on any atom is -0.350 e. The lowest BCUT2D eigenvalue weighted by atomic mass is 9.78. The van der Waals surface area contributed by atoms with Crippen molar-refractivity contribution in [2.24, 2.45) is 5.92 Å². The number of rotatable bonds is 5. The molecule has 1 fully saturated rings. The largest absolute Gasteiger partial charge is 0.350 e. The Hall–Kier alpha value is -2.90. The van der Waals surface area contributed by atoms with Gasteiger partial charge in [0.25, 0.3) is 5.56 Å². The molecule has 154 valence electrons. The highest BCUT2D eigenvalue weighted by atomic mass is 16.2. The van der Waals surface area contributed by atoms with E-state index in [0.717, 1.165) is 30.6 Å². The molecule has 1 saturated heterocycles. The van der Waals surface area contributed by atoms with E-state index in [2.05, 4.69) is 17.3 Å². The van der Waals surface area contributed by atoms with E-state index in [0.29, 0.717) is 19.6 Å². The molecule has 1 N–H and O–H groups in total. The number of aromatic nitrogens is 3. The molecule has 2 bridgehead atoms. The van der Waals surface area contributed by atoms with Crippen LogP contribution in [0.25, 0.3) is 0 Å². The molecule has 2 aliphatic rings. The third-order valence-corrected chi connectivity index (χ3v) is 5.97. The van der Waals surface area contributed by atoms with Crippen LogP contribution in [0.15, 0.2) is 35.4 Å². The van der Waals surface area contributed by atoms with Crippen molar-refractivity contribution in [2.75, 3.05) is 13.1 Å². The SMILES string of the molecule is CCCn1cc(CNC(=O)[C@H]2[C@H]3C[C@H](CN(C(C)=O)C3)c3cccc(=O)n32)cn1. The number of hydrogen-bond donors (Lipinski definition) is 1. The summed E-state index contributed by atoms with van der Waals surface area (Å²) >= 11 is 0. The van der Waals surface area contributed by atoms with Gasteiger partial charge in [0, 0.05) is 68.5 Å². The lowest BCUT2D eigenvalue weighted by Gasteiger charge is -2.46. The first-order valence-electron chi connectivity index (χ1n) is 10.2. The number of carbonyl (C=O) groups excluding carboxylic acids is 2. The van der Waals surface area contributed by atoms with Gasteiger partial charge in [-0.1, -0.05) is 13.0 Å². The molecule has 2 aromatic rings. The minimum atomic E-state index is -0.609. The molecule has 0 unspecified atom stereocenters. The highest BCUT2D eigenvalue weighted by Crippen LogP contribution is 2.41. The normalized spacial score (nSPS) is 22.8. The fourth-order valence-corrected chi connectivity index (χ4v) is 4.67. The molecule has 2 amide bonds.